The van der Waals surface area contributed by atoms with Crippen molar-refractivity contribution in [3.05, 3.63) is 71.6 Å². The lowest BCUT2D eigenvalue weighted by atomic mass is 10.0. The molecule has 1 aliphatic rings. The van der Waals surface area contributed by atoms with Crippen LogP contribution >= 0.6 is 0 Å². The van der Waals surface area contributed by atoms with Crippen molar-refractivity contribution in [1.29, 1.82) is 5.41 Å². The minimum atomic E-state index is -0.278. The largest absolute Gasteiger partial charge is 0.484 e. The summed E-state index contributed by atoms with van der Waals surface area (Å²) in [6.07, 6.45) is 4.33. The van der Waals surface area contributed by atoms with Gasteiger partial charge in [-0.25, -0.2) is 9.97 Å². The summed E-state index contributed by atoms with van der Waals surface area (Å²) < 4.78 is 5.82. The van der Waals surface area contributed by atoms with Gasteiger partial charge in [-0.15, -0.1) is 0 Å². The van der Waals surface area contributed by atoms with Gasteiger partial charge in [0.05, 0.1) is 5.69 Å². The van der Waals surface area contributed by atoms with E-state index in [4.69, 9.17) is 25.8 Å². The highest BCUT2D eigenvalue weighted by atomic mass is 16.5. The van der Waals surface area contributed by atoms with Crippen LogP contribution in [0.2, 0.25) is 0 Å². The standard InChI is InChI=1S/C31H39N7O2/c1-5-31(3,4)37-28(39)20-40-25-9-7-8-22(16-25)29-35-27-14-15-38(6-2)19-26(27)30(36-29)34-24-12-10-21(11-13-24)23(17-32)18-33/h7-13,16-18,32H,5-6,14-15,19-20,33H2,1-4H3,(H,37,39)(H,34,35,36)/b23-18+,32-17?. The molecule has 9 nitrogen and oxygen atoms in total. The maximum Gasteiger partial charge on any atom is 0.258 e. The number of carbonyl (C=O) groups excluding carboxylic acids is 1. The number of fused-ring (bicyclic) bond motifs is 1. The molecule has 210 valence electrons. The lowest BCUT2D eigenvalue weighted by molar-refractivity contribution is -0.124. The van der Waals surface area contributed by atoms with Gasteiger partial charge in [0.2, 0.25) is 0 Å². The maximum atomic E-state index is 12.4. The van der Waals surface area contributed by atoms with Gasteiger partial charge in [-0.05, 0) is 56.6 Å². The molecule has 5 N–H and O–H groups in total. The van der Waals surface area contributed by atoms with Crippen molar-refractivity contribution in [3.63, 3.8) is 0 Å². The first-order valence-corrected chi connectivity index (χ1v) is 13.7. The van der Waals surface area contributed by atoms with E-state index >= 15 is 0 Å². The first-order valence-electron chi connectivity index (χ1n) is 13.7. The van der Waals surface area contributed by atoms with Crippen LogP contribution in [0.4, 0.5) is 11.5 Å². The van der Waals surface area contributed by atoms with Gasteiger partial charge < -0.3 is 26.5 Å². The fraction of sp³-hybridized carbons (Fsp3) is 0.355. The highest BCUT2D eigenvalue weighted by Crippen LogP contribution is 2.31. The zero-order chi connectivity index (χ0) is 28.7. The van der Waals surface area contributed by atoms with Crippen LogP contribution in [0, 0.1) is 5.41 Å². The van der Waals surface area contributed by atoms with Gasteiger partial charge >= 0.3 is 0 Å². The molecule has 0 atom stereocenters. The third kappa shape index (κ3) is 7.04. The van der Waals surface area contributed by atoms with Crippen molar-refractivity contribution in [2.24, 2.45) is 5.73 Å². The van der Waals surface area contributed by atoms with Gasteiger partial charge in [0.25, 0.3) is 5.91 Å². The van der Waals surface area contributed by atoms with Gasteiger partial charge in [0.15, 0.2) is 12.4 Å². The molecule has 0 aliphatic carbocycles. The number of hydrogen-bond donors (Lipinski definition) is 4. The first kappa shape index (κ1) is 28.8. The van der Waals surface area contributed by atoms with Gasteiger partial charge in [0.1, 0.15) is 11.6 Å². The van der Waals surface area contributed by atoms with E-state index in [9.17, 15) is 4.79 Å². The van der Waals surface area contributed by atoms with Crippen LogP contribution in [0.5, 0.6) is 5.75 Å². The number of likely N-dealkylation sites (N-methyl/N-ethyl adjacent to an activating group) is 1. The molecule has 0 radical (unpaired) electrons. The predicted molar refractivity (Wildman–Crippen MR) is 161 cm³/mol. The molecule has 0 fully saturated rings. The molecule has 0 saturated heterocycles. The number of aromatic nitrogens is 2. The molecular formula is C31H39N7O2. The monoisotopic (exact) mass is 541 g/mol. The molecule has 9 heteroatoms. The average molecular weight is 542 g/mol. The predicted octanol–water partition coefficient (Wildman–Crippen LogP) is 4.90. The Balaban J connectivity index is 1.60. The number of ether oxygens (including phenoxy) is 1. The summed E-state index contributed by atoms with van der Waals surface area (Å²) in [4.78, 5) is 24.7. The van der Waals surface area contributed by atoms with Crippen LogP contribution in [-0.2, 0) is 17.8 Å². The van der Waals surface area contributed by atoms with Crippen molar-refractivity contribution < 1.29 is 9.53 Å². The summed E-state index contributed by atoms with van der Waals surface area (Å²) in [5, 5.41) is 14.0. The number of anilines is 2. The summed E-state index contributed by atoms with van der Waals surface area (Å²) >= 11 is 0. The molecule has 2 aromatic carbocycles. The molecule has 0 saturated carbocycles. The first-order chi connectivity index (χ1) is 19.2. The van der Waals surface area contributed by atoms with Crippen molar-refractivity contribution in [2.75, 3.05) is 25.0 Å². The SMILES string of the molecule is CCN1CCc2nc(-c3cccc(OCC(=O)NC(C)(C)CC)c3)nc(Nc3ccc(/C(C=N)=C/N)cc3)c2C1. The minimum absolute atomic E-state index is 0.0629. The van der Waals surface area contributed by atoms with Crippen molar-refractivity contribution in [1.82, 2.24) is 20.2 Å². The lowest BCUT2D eigenvalue weighted by Gasteiger charge is -2.28. The maximum absolute atomic E-state index is 12.4. The Morgan fingerprint density at radius 1 is 1.18 bits per heavy atom. The second kappa shape index (κ2) is 12.7. The smallest absolute Gasteiger partial charge is 0.258 e. The third-order valence-corrected chi connectivity index (χ3v) is 7.23. The molecule has 0 bridgehead atoms. The van der Waals surface area contributed by atoms with Crippen molar-refractivity contribution in [3.8, 4) is 17.1 Å². The fourth-order valence-electron chi connectivity index (χ4n) is 4.46. The van der Waals surface area contributed by atoms with Crippen LogP contribution in [0.1, 0.15) is 50.9 Å². The Hall–Kier alpha value is -4.24. The van der Waals surface area contributed by atoms with E-state index in [0.29, 0.717) is 17.1 Å². The van der Waals surface area contributed by atoms with Gasteiger partial charge in [-0.2, -0.15) is 0 Å². The number of hydrogen-bond acceptors (Lipinski definition) is 8. The van der Waals surface area contributed by atoms with E-state index in [2.05, 4.69) is 22.5 Å². The number of nitrogens with one attached hydrogen (secondary N) is 3. The van der Waals surface area contributed by atoms with Gasteiger partial charge in [-0.1, -0.05) is 38.1 Å². The second-order valence-electron chi connectivity index (χ2n) is 10.5. The quantitative estimate of drug-likeness (QED) is 0.254. The summed E-state index contributed by atoms with van der Waals surface area (Å²) in [5.41, 5.74) is 10.7. The fourth-order valence-corrected chi connectivity index (χ4v) is 4.46. The molecule has 3 aromatic rings. The molecule has 1 aliphatic heterocycles. The molecular weight excluding hydrogens is 502 g/mol. The molecule has 0 unspecified atom stereocenters. The van der Waals surface area contributed by atoms with Gasteiger partial charge in [0, 0.05) is 59.9 Å². The Bertz CT molecular complexity index is 1380. The number of amides is 1. The summed E-state index contributed by atoms with van der Waals surface area (Å²) in [7, 11) is 0. The topological polar surface area (TPSA) is 129 Å². The Morgan fingerprint density at radius 2 is 1.95 bits per heavy atom. The second-order valence-corrected chi connectivity index (χ2v) is 10.5. The van der Waals surface area contributed by atoms with Crippen LogP contribution in [0.15, 0.2) is 54.7 Å². The summed E-state index contributed by atoms with van der Waals surface area (Å²) in [5.74, 6) is 1.79. The Kier molecular flexibility index (Phi) is 9.16. The van der Waals surface area contributed by atoms with E-state index in [0.717, 1.165) is 66.4 Å². The van der Waals surface area contributed by atoms with E-state index in [1.165, 1.54) is 12.4 Å². The lowest BCUT2D eigenvalue weighted by Crippen LogP contribution is -2.44. The Morgan fingerprint density at radius 3 is 2.62 bits per heavy atom. The van der Waals surface area contributed by atoms with Crippen LogP contribution < -0.4 is 21.1 Å². The summed E-state index contributed by atoms with van der Waals surface area (Å²) in [6, 6.07) is 15.3. The number of carbonyl (C=O) groups is 1. The highest BCUT2D eigenvalue weighted by molar-refractivity contribution is 6.08. The highest BCUT2D eigenvalue weighted by Gasteiger charge is 2.23. The molecule has 1 aromatic heterocycles. The third-order valence-electron chi connectivity index (χ3n) is 7.23. The van der Waals surface area contributed by atoms with E-state index < -0.39 is 0 Å². The number of nitrogens with two attached hydrogens (primary N) is 1. The number of rotatable bonds is 11. The number of nitrogens with zero attached hydrogens (tertiary/aromatic N) is 3. The van der Waals surface area contributed by atoms with Crippen LogP contribution in [0.25, 0.3) is 17.0 Å². The number of allylic oxidation sites excluding steroid dienone is 1. The average Bonchev–Trinajstić information content (AvgIpc) is 2.97. The van der Waals surface area contributed by atoms with Crippen LogP contribution in [0.3, 0.4) is 0 Å². The zero-order valence-corrected chi connectivity index (χ0v) is 23.8. The molecule has 2 heterocycles. The van der Waals surface area contributed by atoms with E-state index in [1.807, 2.05) is 69.3 Å². The van der Waals surface area contributed by atoms with Crippen molar-refractivity contribution >= 4 is 29.2 Å². The van der Waals surface area contributed by atoms with Gasteiger partial charge in [-0.3, -0.25) is 9.69 Å². The van der Waals surface area contributed by atoms with Crippen LogP contribution in [-0.4, -0.2) is 52.2 Å². The normalized spacial score (nSPS) is 13.8. The molecule has 0 spiro atoms. The summed E-state index contributed by atoms with van der Waals surface area (Å²) in [6.45, 7) is 10.8. The minimum Gasteiger partial charge on any atom is -0.484 e. The zero-order valence-electron chi connectivity index (χ0n) is 23.8. The number of benzene rings is 2. The molecule has 40 heavy (non-hydrogen) atoms. The molecule has 1 amide bonds. The van der Waals surface area contributed by atoms with E-state index in [-0.39, 0.29) is 18.1 Å². The van der Waals surface area contributed by atoms with Crippen molar-refractivity contribution in [2.45, 2.75) is 52.6 Å². The van der Waals surface area contributed by atoms with E-state index in [1.54, 1.807) is 0 Å². The molecule has 4 rings (SSSR count). The Labute approximate surface area is 236 Å².